The third-order valence-corrected chi connectivity index (χ3v) is 4.50. The lowest BCUT2D eigenvalue weighted by atomic mass is 10.1. The van der Waals surface area contributed by atoms with Crippen molar-refractivity contribution in [3.8, 4) is 11.5 Å². The SMILES string of the molecule is CCNC(=NCc1coc(-c2ccccc2)n1)NCc1nccc2ccccc12.I. The number of nitrogens with zero attached hydrogens (tertiary/aromatic N) is 3. The molecule has 0 saturated heterocycles. The molecule has 0 aliphatic carbocycles. The van der Waals surface area contributed by atoms with Gasteiger partial charge in [-0.2, -0.15) is 0 Å². The van der Waals surface area contributed by atoms with Crippen LogP contribution in [0.25, 0.3) is 22.2 Å². The molecular weight excluding hydrogens is 489 g/mol. The number of halogens is 1. The smallest absolute Gasteiger partial charge is 0.226 e. The molecule has 0 fully saturated rings. The maximum Gasteiger partial charge on any atom is 0.226 e. The van der Waals surface area contributed by atoms with Crippen molar-refractivity contribution < 1.29 is 4.42 Å². The Labute approximate surface area is 192 Å². The minimum atomic E-state index is 0. The summed E-state index contributed by atoms with van der Waals surface area (Å²) in [6, 6.07) is 20.1. The zero-order valence-electron chi connectivity index (χ0n) is 16.7. The molecular formula is C23H24IN5O. The first kappa shape index (κ1) is 21.8. The second-order valence-corrected chi connectivity index (χ2v) is 6.54. The first-order chi connectivity index (χ1) is 14.3. The lowest BCUT2D eigenvalue weighted by Crippen LogP contribution is -2.37. The highest BCUT2D eigenvalue weighted by Gasteiger charge is 2.07. The quantitative estimate of drug-likeness (QED) is 0.221. The van der Waals surface area contributed by atoms with Gasteiger partial charge in [0.2, 0.25) is 5.89 Å². The van der Waals surface area contributed by atoms with Crippen molar-refractivity contribution in [2.45, 2.75) is 20.0 Å². The maximum absolute atomic E-state index is 5.59. The number of pyridine rings is 1. The van der Waals surface area contributed by atoms with Gasteiger partial charge in [0.25, 0.3) is 0 Å². The van der Waals surface area contributed by atoms with Gasteiger partial charge in [-0.05, 0) is 30.5 Å². The van der Waals surface area contributed by atoms with Gasteiger partial charge in [-0.1, -0.05) is 42.5 Å². The second kappa shape index (κ2) is 10.7. The molecule has 2 aromatic carbocycles. The molecule has 2 heterocycles. The van der Waals surface area contributed by atoms with E-state index in [1.807, 2.05) is 61.7 Å². The number of oxazole rings is 1. The molecule has 0 atom stereocenters. The van der Waals surface area contributed by atoms with Gasteiger partial charge in [-0.3, -0.25) is 4.98 Å². The van der Waals surface area contributed by atoms with Gasteiger partial charge in [0.05, 0.1) is 18.8 Å². The summed E-state index contributed by atoms with van der Waals surface area (Å²) < 4.78 is 5.59. The van der Waals surface area contributed by atoms with Gasteiger partial charge in [0.1, 0.15) is 12.0 Å². The Morgan fingerprint density at radius 2 is 1.80 bits per heavy atom. The van der Waals surface area contributed by atoms with E-state index in [0.29, 0.717) is 24.9 Å². The summed E-state index contributed by atoms with van der Waals surface area (Å²) in [6.45, 7) is 3.82. The molecule has 2 N–H and O–H groups in total. The van der Waals surface area contributed by atoms with E-state index in [-0.39, 0.29) is 24.0 Å². The monoisotopic (exact) mass is 513 g/mol. The number of nitrogens with one attached hydrogen (secondary N) is 2. The molecule has 0 aliphatic rings. The third-order valence-electron chi connectivity index (χ3n) is 4.50. The van der Waals surface area contributed by atoms with Gasteiger partial charge < -0.3 is 15.1 Å². The normalized spacial score (nSPS) is 11.2. The summed E-state index contributed by atoms with van der Waals surface area (Å²) in [5.41, 5.74) is 2.72. The van der Waals surface area contributed by atoms with Gasteiger partial charge in [0, 0.05) is 23.7 Å². The Bertz CT molecular complexity index is 1110. The fourth-order valence-corrected chi connectivity index (χ4v) is 3.09. The standard InChI is InChI=1S/C23H23N5O.HI/c1-2-24-23(27-15-21-20-11-7-6-8-17(20)12-13-25-21)26-14-19-16-29-22(28-19)18-9-4-3-5-10-18;/h3-13,16H,2,14-15H2,1H3,(H2,24,26,27);1H. The number of aliphatic imine (C=N–C) groups is 1. The lowest BCUT2D eigenvalue weighted by molar-refractivity contribution is 0.572. The molecule has 4 rings (SSSR count). The number of rotatable bonds is 6. The van der Waals surface area contributed by atoms with E-state index in [9.17, 15) is 0 Å². The number of aromatic nitrogens is 2. The minimum Gasteiger partial charge on any atom is -0.444 e. The average molecular weight is 513 g/mol. The molecule has 6 nitrogen and oxygen atoms in total. The summed E-state index contributed by atoms with van der Waals surface area (Å²) in [7, 11) is 0. The summed E-state index contributed by atoms with van der Waals surface area (Å²) in [6.07, 6.45) is 3.49. The van der Waals surface area contributed by atoms with Crippen molar-refractivity contribution in [1.29, 1.82) is 0 Å². The molecule has 154 valence electrons. The Balaban J connectivity index is 0.00000256. The Hall–Kier alpha value is -2.94. The van der Waals surface area contributed by atoms with Crippen LogP contribution in [-0.4, -0.2) is 22.5 Å². The van der Waals surface area contributed by atoms with Crippen LogP contribution in [0.2, 0.25) is 0 Å². The second-order valence-electron chi connectivity index (χ2n) is 6.54. The topological polar surface area (TPSA) is 75.3 Å². The van der Waals surface area contributed by atoms with Crippen molar-refractivity contribution in [2.24, 2.45) is 4.99 Å². The maximum atomic E-state index is 5.59. The summed E-state index contributed by atoms with van der Waals surface area (Å²) in [5.74, 6) is 1.32. The zero-order chi connectivity index (χ0) is 19.9. The Morgan fingerprint density at radius 1 is 1.00 bits per heavy atom. The predicted molar refractivity (Wildman–Crippen MR) is 131 cm³/mol. The molecule has 30 heavy (non-hydrogen) atoms. The largest absolute Gasteiger partial charge is 0.444 e. The number of guanidine groups is 1. The van der Waals surface area contributed by atoms with Crippen molar-refractivity contribution in [1.82, 2.24) is 20.6 Å². The third kappa shape index (κ3) is 5.35. The van der Waals surface area contributed by atoms with Crippen LogP contribution in [0.4, 0.5) is 0 Å². The van der Waals surface area contributed by atoms with Crippen molar-refractivity contribution >= 4 is 40.7 Å². The molecule has 2 aromatic heterocycles. The molecule has 4 aromatic rings. The fraction of sp³-hybridized carbons (Fsp3) is 0.174. The van der Waals surface area contributed by atoms with E-state index in [2.05, 4.69) is 37.7 Å². The summed E-state index contributed by atoms with van der Waals surface area (Å²) in [5, 5.41) is 8.94. The van der Waals surface area contributed by atoms with E-state index in [4.69, 9.17) is 4.42 Å². The highest BCUT2D eigenvalue weighted by Crippen LogP contribution is 2.18. The van der Waals surface area contributed by atoms with Crippen LogP contribution in [0.1, 0.15) is 18.3 Å². The van der Waals surface area contributed by atoms with E-state index in [0.717, 1.165) is 28.9 Å². The van der Waals surface area contributed by atoms with Crippen LogP contribution < -0.4 is 10.6 Å². The number of hydrogen-bond donors (Lipinski definition) is 2. The first-order valence-electron chi connectivity index (χ1n) is 9.68. The van der Waals surface area contributed by atoms with E-state index < -0.39 is 0 Å². The average Bonchev–Trinajstić information content (AvgIpc) is 3.25. The predicted octanol–water partition coefficient (Wildman–Crippen LogP) is 4.76. The zero-order valence-corrected chi connectivity index (χ0v) is 19.0. The molecule has 0 saturated carbocycles. The van der Waals surface area contributed by atoms with Gasteiger partial charge in [-0.15, -0.1) is 24.0 Å². The highest BCUT2D eigenvalue weighted by atomic mass is 127. The van der Waals surface area contributed by atoms with Gasteiger partial charge in [0.15, 0.2) is 5.96 Å². The molecule has 0 spiro atoms. The van der Waals surface area contributed by atoms with E-state index in [1.165, 1.54) is 5.39 Å². The lowest BCUT2D eigenvalue weighted by Gasteiger charge is -2.12. The van der Waals surface area contributed by atoms with Gasteiger partial charge >= 0.3 is 0 Å². The first-order valence-corrected chi connectivity index (χ1v) is 9.68. The summed E-state index contributed by atoms with van der Waals surface area (Å²) in [4.78, 5) is 13.7. The number of fused-ring (bicyclic) bond motifs is 1. The molecule has 0 radical (unpaired) electrons. The van der Waals surface area contributed by atoms with Crippen molar-refractivity contribution in [3.63, 3.8) is 0 Å². The van der Waals surface area contributed by atoms with E-state index >= 15 is 0 Å². The Kier molecular flexibility index (Phi) is 7.78. The van der Waals surface area contributed by atoms with Crippen LogP contribution in [0.3, 0.4) is 0 Å². The van der Waals surface area contributed by atoms with Crippen LogP contribution in [0, 0.1) is 0 Å². The van der Waals surface area contributed by atoms with Crippen molar-refractivity contribution in [3.05, 3.63) is 84.5 Å². The molecule has 0 amide bonds. The van der Waals surface area contributed by atoms with Crippen LogP contribution in [0.5, 0.6) is 0 Å². The molecule has 0 bridgehead atoms. The number of hydrogen-bond acceptors (Lipinski definition) is 4. The van der Waals surface area contributed by atoms with Crippen LogP contribution in [-0.2, 0) is 13.1 Å². The Morgan fingerprint density at radius 3 is 2.63 bits per heavy atom. The van der Waals surface area contributed by atoms with Crippen molar-refractivity contribution in [2.75, 3.05) is 6.54 Å². The minimum absolute atomic E-state index is 0. The van der Waals surface area contributed by atoms with Gasteiger partial charge in [-0.25, -0.2) is 9.98 Å². The molecule has 0 aliphatic heterocycles. The van der Waals surface area contributed by atoms with Crippen LogP contribution in [0.15, 0.2) is 82.5 Å². The fourth-order valence-electron chi connectivity index (χ4n) is 3.09. The molecule has 7 heteroatoms. The number of benzene rings is 2. The summed E-state index contributed by atoms with van der Waals surface area (Å²) >= 11 is 0. The molecule has 0 unspecified atom stereocenters. The highest BCUT2D eigenvalue weighted by molar-refractivity contribution is 14.0. The van der Waals surface area contributed by atoms with E-state index in [1.54, 1.807) is 6.26 Å². The van der Waals surface area contributed by atoms with Crippen LogP contribution >= 0.6 is 24.0 Å².